The van der Waals surface area contributed by atoms with Gasteiger partial charge in [-0.05, 0) is 61.9 Å². The molecule has 0 aliphatic carbocycles. The van der Waals surface area contributed by atoms with Crippen LogP contribution < -0.4 is 15.6 Å². The zero-order valence-corrected chi connectivity index (χ0v) is 37.8. The molecule has 61 heavy (non-hydrogen) atoms. The maximum atomic E-state index is 14.5. The molecule has 2 unspecified atom stereocenters. The Kier molecular flexibility index (Phi) is 13.5. The van der Waals surface area contributed by atoms with Crippen LogP contribution in [0.15, 0.2) is 47.6 Å². The molecule has 0 saturated carbocycles. The van der Waals surface area contributed by atoms with Crippen LogP contribution in [0, 0.1) is 11.3 Å². The van der Waals surface area contributed by atoms with E-state index in [4.69, 9.17) is 24.2 Å². The van der Waals surface area contributed by atoms with Gasteiger partial charge < -0.3 is 34.2 Å². The van der Waals surface area contributed by atoms with Gasteiger partial charge in [0.2, 0.25) is 5.91 Å². The molecule has 2 fully saturated rings. The number of benzene rings is 1. The minimum Gasteiger partial charge on any atom is -0.464 e. The first-order valence-corrected chi connectivity index (χ1v) is 22.6. The summed E-state index contributed by atoms with van der Waals surface area (Å²) in [5.74, 6) is -0.871. The minimum absolute atomic E-state index is 0.0316. The van der Waals surface area contributed by atoms with Crippen LogP contribution in [0.2, 0.25) is 0 Å². The molecule has 2 aromatic rings. The third kappa shape index (κ3) is 9.18. The summed E-state index contributed by atoms with van der Waals surface area (Å²) in [6, 6.07) is 7.55. The molecule has 0 spiro atoms. The van der Waals surface area contributed by atoms with Crippen molar-refractivity contribution < 1.29 is 33.4 Å². The van der Waals surface area contributed by atoms with Gasteiger partial charge in [-0.1, -0.05) is 45.9 Å². The lowest BCUT2D eigenvalue weighted by molar-refractivity contribution is -0.155. The van der Waals surface area contributed by atoms with Crippen molar-refractivity contribution in [2.24, 2.45) is 16.3 Å². The number of likely N-dealkylation sites (N-methyl/N-ethyl adjacent to an activating group) is 2. The number of carbonyl (C=O) groups excluding carboxylic acids is 4. The molecule has 16 heteroatoms. The number of hydrazine groups is 1. The minimum atomic E-state index is -0.989. The summed E-state index contributed by atoms with van der Waals surface area (Å²) >= 11 is 1.63. The Bertz CT molecular complexity index is 2050. The van der Waals surface area contributed by atoms with Gasteiger partial charge in [0.1, 0.15) is 18.1 Å². The van der Waals surface area contributed by atoms with Crippen molar-refractivity contribution in [2.45, 2.75) is 103 Å². The van der Waals surface area contributed by atoms with E-state index in [1.807, 2.05) is 26.8 Å². The van der Waals surface area contributed by atoms with Gasteiger partial charge in [-0.3, -0.25) is 29.4 Å². The highest BCUT2D eigenvalue weighted by Crippen LogP contribution is 2.51. The van der Waals surface area contributed by atoms with Crippen LogP contribution in [-0.2, 0) is 28.6 Å². The van der Waals surface area contributed by atoms with Crippen molar-refractivity contribution in [3.63, 3.8) is 0 Å². The Balaban J connectivity index is 1.25. The average molecular weight is 859 g/mol. The Hall–Kier alpha value is -4.51. The summed E-state index contributed by atoms with van der Waals surface area (Å²) in [6.07, 6.45) is 5.04. The predicted molar refractivity (Wildman–Crippen MR) is 236 cm³/mol. The molecule has 6 bridgehead atoms. The number of likely N-dealkylation sites (tertiary alicyclic amines) is 1. The largest absolute Gasteiger partial charge is 0.464 e. The molecule has 1 aromatic heterocycles. The number of aliphatic imine (C=N–C) groups is 1. The zero-order valence-electron chi connectivity index (χ0n) is 37.0. The zero-order chi connectivity index (χ0) is 43.7. The van der Waals surface area contributed by atoms with Gasteiger partial charge in [0.15, 0.2) is 0 Å². The number of nitrogens with one attached hydrogen (secondary N) is 2. The van der Waals surface area contributed by atoms with Crippen molar-refractivity contribution in [2.75, 3.05) is 64.7 Å². The number of urea groups is 1. The molecule has 5 aliphatic heterocycles. The number of anilines is 1. The number of rotatable bonds is 9. The number of esters is 1. The second-order valence-electron chi connectivity index (χ2n) is 17.8. The molecule has 5 aliphatic rings. The molecule has 330 valence electrons. The fourth-order valence-corrected chi connectivity index (χ4v) is 10.2. The van der Waals surface area contributed by atoms with E-state index in [0.717, 1.165) is 45.9 Å². The van der Waals surface area contributed by atoms with Gasteiger partial charge in [0.05, 0.1) is 54.7 Å². The standard InChI is InChI=1S/C45H62N8O7S/c1-10-52-36-16-15-28-19-31(36)32(40(52)30-13-11-17-46-38(30)27(4)58-8)21-45(5,6)25-60-43(56)33-14-12-18-53(49-33)42(55)34(20-37-47-35(28)24-61-37)48-41(54)39(26(2)3)50(7)44(57)51-22-29(23-51)59-9/h11,13,15-17,19,21,26-27,29,33-34,37,39-40,49H,10,12,14,18,20,22-25H2,1-9H3,(H,48,54)/b32-21+/t27-,33-,34-,37?,39-,40?/m0/s1. The van der Waals surface area contributed by atoms with Crippen molar-refractivity contribution in [3.05, 3.63) is 65.0 Å². The topological polar surface area (TPSA) is 158 Å². The van der Waals surface area contributed by atoms with Gasteiger partial charge in [-0.2, -0.15) is 0 Å². The number of ether oxygens (including phenoxy) is 3. The van der Waals surface area contributed by atoms with E-state index in [-0.39, 0.29) is 54.5 Å². The predicted octanol–water partition coefficient (Wildman–Crippen LogP) is 4.98. The van der Waals surface area contributed by atoms with E-state index < -0.39 is 35.4 Å². The van der Waals surface area contributed by atoms with Gasteiger partial charge in [0, 0.05) is 75.0 Å². The number of amides is 4. The first kappa shape index (κ1) is 44.5. The van der Waals surface area contributed by atoms with Gasteiger partial charge in [-0.15, -0.1) is 11.8 Å². The molecule has 2 saturated heterocycles. The van der Waals surface area contributed by atoms with E-state index >= 15 is 0 Å². The Morgan fingerprint density at radius 2 is 1.92 bits per heavy atom. The maximum Gasteiger partial charge on any atom is 0.324 e. The van der Waals surface area contributed by atoms with Gasteiger partial charge in [-0.25, -0.2) is 10.2 Å². The average Bonchev–Trinajstić information content (AvgIpc) is 3.82. The number of thioether (sulfide) groups is 1. The van der Waals surface area contributed by atoms with Crippen molar-refractivity contribution in [1.82, 2.24) is 30.5 Å². The normalized spacial score (nSPS) is 26.0. The molecule has 1 aromatic carbocycles. The number of cyclic esters (lactones) is 1. The van der Waals surface area contributed by atoms with Gasteiger partial charge >= 0.3 is 12.0 Å². The molecule has 7 rings (SSSR count). The number of methoxy groups -OCH3 is 2. The first-order valence-electron chi connectivity index (χ1n) is 21.5. The second-order valence-corrected chi connectivity index (χ2v) is 18.9. The summed E-state index contributed by atoms with van der Waals surface area (Å²) in [5.41, 5.74) is 9.61. The number of nitrogens with zero attached hydrogens (tertiary/aromatic N) is 6. The second kappa shape index (κ2) is 18.5. The number of hydrogen-bond acceptors (Lipinski definition) is 12. The van der Waals surface area contributed by atoms with Crippen LogP contribution in [0.1, 0.15) is 95.3 Å². The Labute approximate surface area is 364 Å². The van der Waals surface area contributed by atoms with Crippen LogP contribution >= 0.6 is 11.8 Å². The Morgan fingerprint density at radius 1 is 1.15 bits per heavy atom. The third-order valence-electron chi connectivity index (χ3n) is 12.5. The lowest BCUT2D eigenvalue weighted by atomic mass is 9.85. The monoisotopic (exact) mass is 858 g/mol. The Morgan fingerprint density at radius 3 is 2.62 bits per heavy atom. The van der Waals surface area contributed by atoms with E-state index in [1.165, 1.54) is 9.91 Å². The molecule has 6 heterocycles. The van der Waals surface area contributed by atoms with Crippen LogP contribution in [0.5, 0.6) is 0 Å². The summed E-state index contributed by atoms with van der Waals surface area (Å²) in [5, 5.41) is 4.16. The summed E-state index contributed by atoms with van der Waals surface area (Å²) < 4.78 is 17.3. The smallest absolute Gasteiger partial charge is 0.324 e. The van der Waals surface area contributed by atoms with E-state index in [0.29, 0.717) is 38.2 Å². The SMILES string of the molecule is CCN1c2ccc3cc2/C(=C\C(C)(C)COC(=O)[C@@H]2CCCN(N2)C(=O)[C@@H](NC(=O)[C@H](C(C)C)N(C)C(=O)N2CC(OC)C2)CC2N=C3CS2)C1c1cccnc1[C@H](C)OC. The number of fused-ring (bicyclic) bond motifs is 5. The third-order valence-corrected chi connectivity index (χ3v) is 13.6. The fourth-order valence-electron chi connectivity index (χ4n) is 9.13. The van der Waals surface area contributed by atoms with Crippen LogP contribution in [-0.4, -0.2) is 139 Å². The molecule has 0 radical (unpaired) electrons. The van der Waals surface area contributed by atoms with E-state index in [9.17, 15) is 19.2 Å². The highest BCUT2D eigenvalue weighted by molar-refractivity contribution is 8.00. The van der Waals surface area contributed by atoms with Crippen molar-refractivity contribution in [3.8, 4) is 0 Å². The molecular weight excluding hydrogens is 797 g/mol. The summed E-state index contributed by atoms with van der Waals surface area (Å²) in [4.78, 5) is 71.6. The van der Waals surface area contributed by atoms with E-state index in [2.05, 4.69) is 66.8 Å². The lowest BCUT2D eigenvalue weighted by Crippen LogP contribution is -2.63. The summed E-state index contributed by atoms with van der Waals surface area (Å²) in [7, 11) is 4.94. The summed E-state index contributed by atoms with van der Waals surface area (Å²) in [6.45, 7) is 14.2. The van der Waals surface area contributed by atoms with Crippen LogP contribution in [0.3, 0.4) is 0 Å². The maximum absolute atomic E-state index is 14.5. The fraction of sp³-hybridized carbons (Fsp3) is 0.600. The van der Waals surface area contributed by atoms with Crippen molar-refractivity contribution in [1.29, 1.82) is 0 Å². The van der Waals surface area contributed by atoms with Crippen LogP contribution in [0.4, 0.5) is 10.5 Å². The van der Waals surface area contributed by atoms with Crippen LogP contribution in [0.25, 0.3) is 5.57 Å². The number of aromatic nitrogens is 1. The first-order chi connectivity index (χ1) is 29.1. The molecule has 4 amide bonds. The number of carbonyl (C=O) groups is 4. The molecular formula is C45H62N8O7S. The highest BCUT2D eigenvalue weighted by Gasteiger charge is 2.42. The molecule has 6 atom stereocenters. The molecule has 2 N–H and O–H groups in total. The molecule has 15 nitrogen and oxygen atoms in total. The number of hydrogen-bond donors (Lipinski definition) is 2. The van der Waals surface area contributed by atoms with Crippen molar-refractivity contribution >= 4 is 52.5 Å². The number of pyridine rings is 1. The van der Waals surface area contributed by atoms with E-state index in [1.54, 1.807) is 44.1 Å². The highest BCUT2D eigenvalue weighted by atomic mass is 32.2. The quantitative estimate of drug-likeness (QED) is 0.328. The van der Waals surface area contributed by atoms with Gasteiger partial charge in [0.25, 0.3) is 5.91 Å². The lowest BCUT2D eigenvalue weighted by Gasteiger charge is -2.42.